The molecule has 2 aromatic heterocycles. The van der Waals surface area contributed by atoms with E-state index in [-0.39, 0.29) is 0 Å². The summed E-state index contributed by atoms with van der Waals surface area (Å²) >= 11 is 2.89. The van der Waals surface area contributed by atoms with Crippen molar-refractivity contribution in [2.24, 2.45) is 0 Å². The molecule has 1 atom stereocenters. The summed E-state index contributed by atoms with van der Waals surface area (Å²) in [6, 6.07) is 6.40. The Hall–Kier alpha value is -1.92. The van der Waals surface area contributed by atoms with Gasteiger partial charge in [-0.25, -0.2) is 9.97 Å². The van der Waals surface area contributed by atoms with Gasteiger partial charge in [-0.15, -0.1) is 11.3 Å². The van der Waals surface area contributed by atoms with Crippen molar-refractivity contribution in [2.45, 2.75) is 38.0 Å². The standard InChI is InChI=1S/C18H18N2O2S2/c1-9-5-6-13(7-10(9)2)14-11(3)23-16-15(14)17(20-8-19-16)24-12(4)18(21)22/h5-8,12H,1-4H3,(H,21,22). The normalized spacial score (nSPS) is 12.5. The van der Waals surface area contributed by atoms with Crippen LogP contribution in [0.5, 0.6) is 0 Å². The highest BCUT2D eigenvalue weighted by molar-refractivity contribution is 8.00. The summed E-state index contributed by atoms with van der Waals surface area (Å²) in [6.07, 6.45) is 1.51. The number of aliphatic carboxylic acids is 1. The Bertz CT molecular complexity index is 934. The maximum atomic E-state index is 11.2. The van der Waals surface area contributed by atoms with Gasteiger partial charge in [0.2, 0.25) is 0 Å². The third kappa shape index (κ3) is 3.03. The average molecular weight is 358 g/mol. The quantitative estimate of drug-likeness (QED) is 0.533. The highest BCUT2D eigenvalue weighted by atomic mass is 32.2. The zero-order valence-corrected chi connectivity index (χ0v) is 15.6. The van der Waals surface area contributed by atoms with Crippen molar-refractivity contribution in [2.75, 3.05) is 0 Å². The SMILES string of the molecule is Cc1ccc(-c2c(C)sc3ncnc(SC(C)C(=O)O)c23)cc1C. The molecule has 0 spiro atoms. The van der Waals surface area contributed by atoms with Crippen LogP contribution < -0.4 is 0 Å². The molecule has 4 nitrogen and oxygen atoms in total. The predicted octanol–water partition coefficient (Wildman–Crippen LogP) is 4.85. The van der Waals surface area contributed by atoms with Crippen LogP contribution in [-0.4, -0.2) is 26.3 Å². The molecule has 0 saturated heterocycles. The van der Waals surface area contributed by atoms with Crippen LogP contribution in [0.2, 0.25) is 0 Å². The molecule has 1 N–H and O–H groups in total. The lowest BCUT2D eigenvalue weighted by Crippen LogP contribution is -2.11. The van der Waals surface area contributed by atoms with Gasteiger partial charge in [0.15, 0.2) is 0 Å². The minimum Gasteiger partial charge on any atom is -0.480 e. The first-order chi connectivity index (χ1) is 11.4. The maximum Gasteiger partial charge on any atom is 0.316 e. The Morgan fingerprint density at radius 3 is 2.62 bits per heavy atom. The number of hydrogen-bond donors (Lipinski definition) is 1. The molecular formula is C18H18N2O2S2. The van der Waals surface area contributed by atoms with Crippen LogP contribution in [0.3, 0.4) is 0 Å². The number of carbonyl (C=O) groups is 1. The number of carboxylic acids is 1. The Kier molecular flexibility index (Phi) is 4.60. The molecule has 0 bridgehead atoms. The van der Waals surface area contributed by atoms with E-state index in [0.29, 0.717) is 0 Å². The molecule has 6 heteroatoms. The molecule has 0 amide bonds. The lowest BCUT2D eigenvalue weighted by molar-refractivity contribution is -0.136. The summed E-state index contributed by atoms with van der Waals surface area (Å²) < 4.78 is 0. The lowest BCUT2D eigenvalue weighted by atomic mass is 9.99. The van der Waals surface area contributed by atoms with Crippen LogP contribution in [0.25, 0.3) is 21.3 Å². The van der Waals surface area contributed by atoms with E-state index in [1.165, 1.54) is 34.1 Å². The van der Waals surface area contributed by atoms with E-state index < -0.39 is 11.2 Å². The molecule has 1 unspecified atom stereocenters. The highest BCUT2D eigenvalue weighted by Gasteiger charge is 2.21. The van der Waals surface area contributed by atoms with Gasteiger partial charge in [0.1, 0.15) is 21.4 Å². The van der Waals surface area contributed by atoms with Crippen molar-refractivity contribution in [3.05, 3.63) is 40.5 Å². The largest absolute Gasteiger partial charge is 0.480 e. The van der Waals surface area contributed by atoms with Crippen molar-refractivity contribution in [1.29, 1.82) is 0 Å². The summed E-state index contributed by atoms with van der Waals surface area (Å²) in [5.41, 5.74) is 4.72. The summed E-state index contributed by atoms with van der Waals surface area (Å²) in [6.45, 7) is 7.94. The number of aryl methyl sites for hydroxylation is 3. The van der Waals surface area contributed by atoms with E-state index in [1.807, 2.05) is 0 Å². The zero-order valence-electron chi connectivity index (χ0n) is 14.0. The van der Waals surface area contributed by atoms with E-state index in [1.54, 1.807) is 18.3 Å². The number of thioether (sulfide) groups is 1. The molecule has 124 valence electrons. The monoisotopic (exact) mass is 358 g/mol. The molecule has 0 aliphatic heterocycles. The van der Waals surface area contributed by atoms with Crippen LogP contribution in [0.1, 0.15) is 22.9 Å². The molecule has 1 aromatic carbocycles. The first kappa shape index (κ1) is 16.9. The van der Waals surface area contributed by atoms with Gasteiger partial charge in [0.05, 0.1) is 5.39 Å². The number of fused-ring (bicyclic) bond motifs is 1. The first-order valence-corrected chi connectivity index (χ1v) is 9.29. The van der Waals surface area contributed by atoms with Crippen LogP contribution in [0.4, 0.5) is 0 Å². The lowest BCUT2D eigenvalue weighted by Gasteiger charge is -2.10. The van der Waals surface area contributed by atoms with Gasteiger partial charge in [0, 0.05) is 10.4 Å². The van der Waals surface area contributed by atoms with Crippen molar-refractivity contribution >= 4 is 39.3 Å². The topological polar surface area (TPSA) is 63.1 Å². The number of thiophene rings is 1. The Morgan fingerprint density at radius 1 is 1.21 bits per heavy atom. The van der Waals surface area contributed by atoms with Crippen molar-refractivity contribution in [1.82, 2.24) is 9.97 Å². The minimum atomic E-state index is -0.841. The van der Waals surface area contributed by atoms with Crippen molar-refractivity contribution < 1.29 is 9.90 Å². The van der Waals surface area contributed by atoms with Crippen LogP contribution in [0, 0.1) is 20.8 Å². The van der Waals surface area contributed by atoms with Gasteiger partial charge >= 0.3 is 5.97 Å². The van der Waals surface area contributed by atoms with E-state index in [2.05, 4.69) is 48.9 Å². The summed E-state index contributed by atoms with van der Waals surface area (Å²) in [7, 11) is 0. The predicted molar refractivity (Wildman–Crippen MR) is 100 cm³/mol. The Labute approximate surface area is 149 Å². The number of aromatic nitrogens is 2. The second-order valence-corrected chi connectivity index (χ2v) is 8.32. The number of hydrogen-bond acceptors (Lipinski definition) is 5. The molecule has 0 aliphatic carbocycles. The van der Waals surface area contributed by atoms with E-state index in [4.69, 9.17) is 0 Å². The average Bonchev–Trinajstić information content (AvgIpc) is 2.87. The molecular weight excluding hydrogens is 340 g/mol. The number of rotatable bonds is 4. The van der Waals surface area contributed by atoms with Crippen molar-refractivity contribution in [3.63, 3.8) is 0 Å². The van der Waals surface area contributed by atoms with Gasteiger partial charge in [-0.2, -0.15) is 0 Å². The molecule has 2 heterocycles. The minimum absolute atomic E-state index is 0.559. The Morgan fingerprint density at radius 2 is 1.96 bits per heavy atom. The first-order valence-electron chi connectivity index (χ1n) is 7.59. The third-order valence-electron chi connectivity index (χ3n) is 4.06. The third-order valence-corrected chi connectivity index (χ3v) is 6.16. The molecule has 0 fully saturated rings. The van der Waals surface area contributed by atoms with Crippen LogP contribution >= 0.6 is 23.1 Å². The molecule has 3 aromatic rings. The summed E-state index contributed by atoms with van der Waals surface area (Å²) in [5, 5.41) is 10.3. The molecule has 0 radical (unpaired) electrons. The van der Waals surface area contributed by atoms with Gasteiger partial charge in [-0.05, 0) is 44.4 Å². The van der Waals surface area contributed by atoms with Gasteiger partial charge in [-0.1, -0.05) is 30.0 Å². The second kappa shape index (κ2) is 6.53. The fraction of sp³-hybridized carbons (Fsp3) is 0.278. The maximum absolute atomic E-state index is 11.2. The fourth-order valence-corrected chi connectivity index (χ4v) is 4.51. The Balaban J connectivity index is 2.22. The van der Waals surface area contributed by atoms with Gasteiger partial charge in [0.25, 0.3) is 0 Å². The van der Waals surface area contributed by atoms with Crippen molar-refractivity contribution in [3.8, 4) is 11.1 Å². The van der Waals surface area contributed by atoms with E-state index in [0.717, 1.165) is 26.4 Å². The van der Waals surface area contributed by atoms with E-state index >= 15 is 0 Å². The fourth-order valence-electron chi connectivity index (χ4n) is 2.57. The van der Waals surface area contributed by atoms with E-state index in [9.17, 15) is 9.90 Å². The number of nitrogens with zero attached hydrogens (tertiary/aromatic N) is 2. The molecule has 0 aliphatic rings. The van der Waals surface area contributed by atoms with Crippen LogP contribution in [-0.2, 0) is 4.79 Å². The summed E-state index contributed by atoms with van der Waals surface area (Å²) in [4.78, 5) is 22.0. The molecule has 24 heavy (non-hydrogen) atoms. The number of benzene rings is 1. The number of carboxylic acid groups (broad SMARTS) is 1. The highest BCUT2D eigenvalue weighted by Crippen LogP contribution is 2.42. The second-order valence-electron chi connectivity index (χ2n) is 5.79. The van der Waals surface area contributed by atoms with Crippen LogP contribution in [0.15, 0.2) is 29.6 Å². The van der Waals surface area contributed by atoms with Gasteiger partial charge < -0.3 is 5.11 Å². The zero-order chi connectivity index (χ0) is 17.4. The smallest absolute Gasteiger partial charge is 0.316 e. The molecule has 0 saturated carbocycles. The van der Waals surface area contributed by atoms with Gasteiger partial charge in [-0.3, -0.25) is 4.79 Å². The summed E-state index contributed by atoms with van der Waals surface area (Å²) in [5.74, 6) is -0.841. The molecule has 3 rings (SSSR count).